The zero-order valence-electron chi connectivity index (χ0n) is 14.4. The molecule has 0 saturated heterocycles. The number of thiazole rings is 1. The Morgan fingerprint density at radius 1 is 1.48 bits per heavy atom. The first-order valence-corrected chi connectivity index (χ1v) is 9.37. The molecule has 0 spiro atoms. The molecule has 140 valence electrons. The highest BCUT2D eigenvalue weighted by molar-refractivity contribution is 7.73. The fraction of sp³-hybridized carbons (Fsp3) is 0.235. The number of aliphatic imine (C=N–C) groups is 1. The van der Waals surface area contributed by atoms with Crippen molar-refractivity contribution in [2.24, 2.45) is 4.99 Å². The Morgan fingerprint density at radius 3 is 2.93 bits per heavy atom. The summed E-state index contributed by atoms with van der Waals surface area (Å²) in [5, 5.41) is 17.0. The molecule has 1 atom stereocenters. The molecule has 0 aliphatic carbocycles. The molecule has 0 radical (unpaired) electrons. The first-order chi connectivity index (χ1) is 13.1. The van der Waals surface area contributed by atoms with Gasteiger partial charge in [0, 0.05) is 6.42 Å². The van der Waals surface area contributed by atoms with Gasteiger partial charge >= 0.3 is 5.97 Å². The van der Waals surface area contributed by atoms with Crippen LogP contribution in [-0.2, 0) is 16.0 Å². The number of esters is 1. The average molecular weight is 403 g/mol. The molecule has 1 aromatic carbocycles. The molecule has 3 rings (SSSR count). The molecule has 27 heavy (non-hydrogen) atoms. The van der Waals surface area contributed by atoms with E-state index in [4.69, 9.17) is 17.0 Å². The van der Waals surface area contributed by atoms with Gasteiger partial charge in [0.05, 0.1) is 12.8 Å². The molecule has 2 heterocycles. The summed E-state index contributed by atoms with van der Waals surface area (Å²) in [6.07, 6.45) is 3.10. The van der Waals surface area contributed by atoms with Crippen molar-refractivity contribution in [3.8, 4) is 5.88 Å². The Kier molecular flexibility index (Phi) is 6.09. The van der Waals surface area contributed by atoms with Crippen LogP contribution in [0.1, 0.15) is 23.4 Å². The van der Waals surface area contributed by atoms with Crippen molar-refractivity contribution in [2.45, 2.75) is 19.4 Å². The van der Waals surface area contributed by atoms with Crippen molar-refractivity contribution < 1.29 is 14.6 Å². The SMILES string of the molecule is CCOC(=O)[C@@H](Cc1ccccc1)n1c(O)c(C=Nc2ncn[nH]2)sc1=S. The summed E-state index contributed by atoms with van der Waals surface area (Å²) < 4.78 is 6.96. The molecule has 0 aliphatic heterocycles. The molecule has 0 aliphatic rings. The quantitative estimate of drug-likeness (QED) is 0.357. The van der Waals surface area contributed by atoms with Gasteiger partial charge in [0.2, 0.25) is 11.8 Å². The summed E-state index contributed by atoms with van der Waals surface area (Å²) in [6.45, 7) is 1.97. The number of ether oxygens (including phenoxy) is 1. The topological polar surface area (TPSA) is 105 Å². The first kappa shape index (κ1) is 18.9. The maximum absolute atomic E-state index is 12.6. The highest BCUT2D eigenvalue weighted by Crippen LogP contribution is 2.31. The van der Waals surface area contributed by atoms with Crippen molar-refractivity contribution in [1.29, 1.82) is 0 Å². The second kappa shape index (κ2) is 8.69. The molecule has 10 heteroatoms. The summed E-state index contributed by atoms with van der Waals surface area (Å²) in [5.41, 5.74) is 0.930. The Balaban J connectivity index is 1.96. The number of aromatic amines is 1. The van der Waals surface area contributed by atoms with E-state index < -0.39 is 12.0 Å². The lowest BCUT2D eigenvalue weighted by Crippen LogP contribution is -2.24. The van der Waals surface area contributed by atoms with E-state index >= 15 is 0 Å². The minimum absolute atomic E-state index is 0.137. The standard InChI is InChI=1S/C17H17N5O3S2/c1-2-25-15(24)12(8-11-6-4-3-5-7-11)22-14(23)13(27-17(22)26)9-18-16-19-10-20-21-16/h3-7,9-10,12,23H,2,8H2,1H3,(H,19,20,21)/t12-/m1/s1. The second-order valence-electron chi connectivity index (χ2n) is 5.45. The number of hydrogen-bond acceptors (Lipinski definition) is 8. The van der Waals surface area contributed by atoms with E-state index in [1.165, 1.54) is 17.1 Å². The number of carbonyl (C=O) groups excluding carboxylic acids is 1. The van der Waals surface area contributed by atoms with Crippen LogP contribution in [0, 0.1) is 3.95 Å². The molecule has 3 aromatic rings. The second-order valence-corrected chi connectivity index (χ2v) is 7.13. The van der Waals surface area contributed by atoms with Gasteiger partial charge in [-0.15, -0.1) is 0 Å². The first-order valence-electron chi connectivity index (χ1n) is 8.14. The monoisotopic (exact) mass is 403 g/mol. The van der Waals surface area contributed by atoms with Gasteiger partial charge in [0.25, 0.3) is 0 Å². The third-order valence-electron chi connectivity index (χ3n) is 3.69. The van der Waals surface area contributed by atoms with Crippen LogP contribution in [0.5, 0.6) is 5.88 Å². The normalized spacial score (nSPS) is 12.3. The molecule has 2 N–H and O–H groups in total. The number of H-pyrrole nitrogens is 1. The van der Waals surface area contributed by atoms with Gasteiger partial charge in [-0.2, -0.15) is 10.1 Å². The lowest BCUT2D eigenvalue weighted by molar-refractivity contribution is -0.147. The fourth-order valence-electron chi connectivity index (χ4n) is 2.49. The number of aromatic nitrogens is 4. The number of benzene rings is 1. The van der Waals surface area contributed by atoms with Gasteiger partial charge in [0.1, 0.15) is 17.2 Å². The fourth-order valence-corrected chi connectivity index (χ4v) is 3.77. The number of nitrogens with zero attached hydrogens (tertiary/aromatic N) is 4. The molecule has 0 amide bonds. The zero-order valence-corrected chi connectivity index (χ0v) is 16.0. The largest absolute Gasteiger partial charge is 0.493 e. The minimum Gasteiger partial charge on any atom is -0.493 e. The maximum atomic E-state index is 12.6. The van der Waals surface area contributed by atoms with Crippen LogP contribution in [0.2, 0.25) is 0 Å². The molecule has 8 nitrogen and oxygen atoms in total. The highest BCUT2D eigenvalue weighted by Gasteiger charge is 2.27. The van der Waals surface area contributed by atoms with E-state index in [1.54, 1.807) is 6.92 Å². The molecular weight excluding hydrogens is 386 g/mol. The zero-order chi connectivity index (χ0) is 19.2. The van der Waals surface area contributed by atoms with E-state index in [0.717, 1.165) is 16.9 Å². The average Bonchev–Trinajstić information content (AvgIpc) is 3.27. The number of aromatic hydroxyl groups is 1. The number of carbonyl (C=O) groups is 1. The van der Waals surface area contributed by atoms with Gasteiger partial charge in [-0.1, -0.05) is 41.7 Å². The van der Waals surface area contributed by atoms with Gasteiger partial charge in [-0.25, -0.2) is 14.9 Å². The van der Waals surface area contributed by atoms with Crippen LogP contribution < -0.4 is 0 Å². The van der Waals surface area contributed by atoms with E-state index in [9.17, 15) is 9.90 Å². The smallest absolute Gasteiger partial charge is 0.329 e. The molecule has 0 fully saturated rings. The van der Waals surface area contributed by atoms with E-state index in [2.05, 4.69) is 20.2 Å². The molecule has 0 saturated carbocycles. The molecule has 0 bridgehead atoms. The van der Waals surface area contributed by atoms with Crippen molar-refractivity contribution in [1.82, 2.24) is 19.7 Å². The van der Waals surface area contributed by atoms with Gasteiger partial charge in [-0.3, -0.25) is 4.57 Å². The minimum atomic E-state index is -0.775. The molecule has 2 aromatic heterocycles. The third-order valence-corrected chi connectivity index (χ3v) is 5.02. The predicted molar refractivity (Wildman–Crippen MR) is 104 cm³/mol. The van der Waals surface area contributed by atoms with Crippen LogP contribution in [0.15, 0.2) is 41.7 Å². The van der Waals surface area contributed by atoms with Crippen molar-refractivity contribution >= 4 is 41.7 Å². The van der Waals surface area contributed by atoms with Crippen molar-refractivity contribution in [3.63, 3.8) is 0 Å². The third kappa shape index (κ3) is 4.47. The number of nitrogens with one attached hydrogen (secondary N) is 1. The van der Waals surface area contributed by atoms with Gasteiger partial charge in [0.15, 0.2) is 3.95 Å². The van der Waals surface area contributed by atoms with Crippen molar-refractivity contribution in [2.75, 3.05) is 6.61 Å². The predicted octanol–water partition coefficient (Wildman–Crippen LogP) is 3.20. The summed E-state index contributed by atoms with van der Waals surface area (Å²) in [7, 11) is 0. The summed E-state index contributed by atoms with van der Waals surface area (Å²) in [4.78, 5) is 21.0. The van der Waals surface area contributed by atoms with Crippen LogP contribution in [0.3, 0.4) is 0 Å². The molecular formula is C17H17N5O3S2. The van der Waals surface area contributed by atoms with Crippen LogP contribution >= 0.6 is 23.6 Å². The van der Waals surface area contributed by atoms with Gasteiger partial charge in [-0.05, 0) is 24.7 Å². The van der Waals surface area contributed by atoms with Crippen LogP contribution in [-0.4, -0.2) is 43.6 Å². The van der Waals surface area contributed by atoms with Crippen LogP contribution in [0.25, 0.3) is 0 Å². The van der Waals surface area contributed by atoms with Crippen LogP contribution in [0.4, 0.5) is 5.95 Å². The lowest BCUT2D eigenvalue weighted by Gasteiger charge is -2.18. The highest BCUT2D eigenvalue weighted by atomic mass is 32.1. The Morgan fingerprint density at radius 2 is 2.26 bits per heavy atom. The molecule has 0 unspecified atom stereocenters. The van der Waals surface area contributed by atoms with Crippen molar-refractivity contribution in [3.05, 3.63) is 51.1 Å². The van der Waals surface area contributed by atoms with E-state index in [0.29, 0.717) is 21.2 Å². The number of rotatable bonds is 7. The Bertz CT molecular complexity index is 980. The summed E-state index contributed by atoms with van der Waals surface area (Å²) in [6, 6.07) is 8.72. The maximum Gasteiger partial charge on any atom is 0.329 e. The Labute approximate surface area is 164 Å². The summed E-state index contributed by atoms with van der Waals surface area (Å²) in [5.74, 6) is -0.293. The van der Waals surface area contributed by atoms with Gasteiger partial charge < -0.3 is 9.84 Å². The van der Waals surface area contributed by atoms with E-state index in [1.807, 2.05) is 30.3 Å². The van der Waals surface area contributed by atoms with E-state index in [-0.39, 0.29) is 12.5 Å². The summed E-state index contributed by atoms with van der Waals surface area (Å²) >= 11 is 6.53. The number of hydrogen-bond donors (Lipinski definition) is 2. The lowest BCUT2D eigenvalue weighted by atomic mass is 10.1. The Hall–Kier alpha value is -2.85.